The van der Waals surface area contributed by atoms with Crippen molar-refractivity contribution in [2.24, 2.45) is 0 Å². The van der Waals surface area contributed by atoms with Crippen molar-refractivity contribution in [3.05, 3.63) is 50.1 Å². The van der Waals surface area contributed by atoms with Crippen molar-refractivity contribution in [1.29, 1.82) is 0 Å². The van der Waals surface area contributed by atoms with E-state index in [9.17, 15) is 13.2 Å². The molecule has 1 N–H and O–H groups in total. The first kappa shape index (κ1) is 18.2. The second-order valence-electron chi connectivity index (χ2n) is 4.82. The van der Waals surface area contributed by atoms with Gasteiger partial charge >= 0.3 is 0 Å². The minimum Gasteiger partial charge on any atom is -0.348 e. The highest BCUT2D eigenvalue weighted by molar-refractivity contribution is 7.89. The van der Waals surface area contributed by atoms with Crippen molar-refractivity contribution in [1.82, 2.24) is 9.62 Å². The average molecular weight is 393 g/mol. The highest BCUT2D eigenvalue weighted by Crippen LogP contribution is 2.31. The molecular weight excluding hydrogens is 379 g/mol. The van der Waals surface area contributed by atoms with Crippen LogP contribution in [0.2, 0.25) is 8.67 Å². The Morgan fingerprint density at radius 3 is 2.48 bits per heavy atom. The third-order valence-corrected chi connectivity index (χ3v) is 6.48. The molecule has 0 fully saturated rings. The van der Waals surface area contributed by atoms with Crippen LogP contribution in [-0.2, 0) is 16.6 Å². The van der Waals surface area contributed by atoms with Gasteiger partial charge in [0.25, 0.3) is 5.91 Å². The molecule has 1 heterocycles. The predicted molar refractivity (Wildman–Crippen MR) is 92.8 cm³/mol. The van der Waals surface area contributed by atoms with Crippen LogP contribution in [0.3, 0.4) is 0 Å². The molecule has 124 valence electrons. The van der Waals surface area contributed by atoms with E-state index in [0.717, 1.165) is 15.6 Å². The summed E-state index contributed by atoms with van der Waals surface area (Å²) in [7, 11) is -0.675. The van der Waals surface area contributed by atoms with E-state index in [1.165, 1.54) is 26.2 Å². The molecule has 9 heteroatoms. The number of hydrogen-bond donors (Lipinski definition) is 1. The average Bonchev–Trinajstić information content (AvgIpc) is 2.83. The lowest BCUT2D eigenvalue weighted by Gasteiger charge is -2.15. The van der Waals surface area contributed by atoms with Crippen LogP contribution in [0, 0.1) is 0 Å². The Bertz CT molecular complexity index is 832. The van der Waals surface area contributed by atoms with E-state index < -0.39 is 15.9 Å². The maximum absolute atomic E-state index is 12.3. The molecule has 0 saturated carbocycles. The van der Waals surface area contributed by atoms with Crippen molar-refractivity contribution < 1.29 is 13.2 Å². The fourth-order valence-electron chi connectivity index (χ4n) is 1.86. The van der Waals surface area contributed by atoms with Crippen LogP contribution in [0.25, 0.3) is 0 Å². The summed E-state index contributed by atoms with van der Waals surface area (Å²) in [6.07, 6.45) is 0. The highest BCUT2D eigenvalue weighted by atomic mass is 35.5. The number of hydrogen-bond acceptors (Lipinski definition) is 4. The maximum Gasteiger partial charge on any atom is 0.253 e. The van der Waals surface area contributed by atoms with E-state index in [2.05, 4.69) is 5.32 Å². The van der Waals surface area contributed by atoms with Crippen LogP contribution in [0.1, 0.15) is 15.9 Å². The summed E-state index contributed by atoms with van der Waals surface area (Å²) >= 11 is 12.9. The van der Waals surface area contributed by atoms with Crippen molar-refractivity contribution in [3.63, 3.8) is 0 Å². The van der Waals surface area contributed by atoms with E-state index in [0.29, 0.717) is 14.2 Å². The van der Waals surface area contributed by atoms with Gasteiger partial charge in [0.2, 0.25) is 10.0 Å². The third-order valence-electron chi connectivity index (χ3n) is 3.07. The van der Waals surface area contributed by atoms with E-state index in [4.69, 9.17) is 23.2 Å². The molecule has 1 aromatic carbocycles. The summed E-state index contributed by atoms with van der Waals surface area (Å²) in [4.78, 5) is 12.3. The highest BCUT2D eigenvalue weighted by Gasteiger charge is 2.21. The summed E-state index contributed by atoms with van der Waals surface area (Å²) in [5, 5.41) is 2.66. The number of nitrogens with zero attached hydrogens (tertiary/aromatic N) is 1. The summed E-state index contributed by atoms with van der Waals surface area (Å²) < 4.78 is 26.4. The standard InChI is InChI=1S/C14H14Cl2N2O3S2/c1-18(2)23(20,21)11-6-4-3-5-9(11)8-17-14(19)10-7-12(15)22-13(10)16/h3-7H,8H2,1-2H3,(H,17,19). The van der Waals surface area contributed by atoms with Gasteiger partial charge in [-0.3, -0.25) is 4.79 Å². The number of amides is 1. The van der Waals surface area contributed by atoms with Gasteiger partial charge in [0.15, 0.2) is 0 Å². The Balaban J connectivity index is 2.22. The van der Waals surface area contributed by atoms with Gasteiger partial charge in [0.1, 0.15) is 4.34 Å². The molecule has 0 spiro atoms. The quantitative estimate of drug-likeness (QED) is 0.848. The van der Waals surface area contributed by atoms with Gasteiger partial charge in [0, 0.05) is 20.6 Å². The predicted octanol–water partition coefficient (Wildman–Crippen LogP) is 3.24. The summed E-state index contributed by atoms with van der Waals surface area (Å²) in [5.74, 6) is -0.407. The zero-order valence-corrected chi connectivity index (χ0v) is 15.5. The van der Waals surface area contributed by atoms with E-state index in [-0.39, 0.29) is 17.0 Å². The molecule has 2 aromatic rings. The van der Waals surface area contributed by atoms with Crippen molar-refractivity contribution in [2.45, 2.75) is 11.4 Å². The molecule has 0 unspecified atom stereocenters. The van der Waals surface area contributed by atoms with Gasteiger partial charge in [-0.15, -0.1) is 11.3 Å². The number of nitrogens with one attached hydrogen (secondary N) is 1. The fourth-order valence-corrected chi connectivity index (χ4v) is 4.44. The van der Waals surface area contributed by atoms with Crippen molar-refractivity contribution >= 4 is 50.5 Å². The molecule has 1 aromatic heterocycles. The monoisotopic (exact) mass is 392 g/mol. The van der Waals surface area contributed by atoms with E-state index in [1.807, 2.05) is 0 Å². The molecular formula is C14H14Cl2N2O3S2. The molecule has 0 aliphatic carbocycles. The Morgan fingerprint density at radius 2 is 1.91 bits per heavy atom. The van der Waals surface area contributed by atoms with Gasteiger partial charge in [-0.2, -0.15) is 0 Å². The van der Waals surface area contributed by atoms with E-state index >= 15 is 0 Å². The first-order valence-corrected chi connectivity index (χ1v) is 9.48. The normalized spacial score (nSPS) is 11.7. The lowest BCUT2D eigenvalue weighted by Crippen LogP contribution is -2.27. The van der Waals surface area contributed by atoms with Crippen LogP contribution in [0.15, 0.2) is 35.2 Å². The van der Waals surface area contributed by atoms with Crippen LogP contribution >= 0.6 is 34.5 Å². The number of benzene rings is 1. The molecule has 0 aliphatic heterocycles. The largest absolute Gasteiger partial charge is 0.348 e. The molecule has 0 bridgehead atoms. The lowest BCUT2D eigenvalue weighted by molar-refractivity contribution is 0.0951. The van der Waals surface area contributed by atoms with Crippen LogP contribution in [-0.4, -0.2) is 32.7 Å². The Hall–Kier alpha value is -1.12. The van der Waals surface area contributed by atoms with Crippen LogP contribution in [0.4, 0.5) is 0 Å². The second-order valence-corrected chi connectivity index (χ2v) is 9.22. The molecule has 0 saturated heterocycles. The minimum atomic E-state index is -3.59. The summed E-state index contributed by atoms with van der Waals surface area (Å²) in [6, 6.07) is 7.98. The van der Waals surface area contributed by atoms with Gasteiger partial charge in [-0.25, -0.2) is 12.7 Å². The molecule has 0 atom stereocenters. The molecule has 2 rings (SSSR count). The van der Waals surface area contributed by atoms with E-state index in [1.54, 1.807) is 18.2 Å². The summed E-state index contributed by atoms with van der Waals surface area (Å²) in [6.45, 7) is 0.0614. The van der Waals surface area contributed by atoms with Gasteiger partial charge in [-0.1, -0.05) is 41.4 Å². The number of sulfonamides is 1. The smallest absolute Gasteiger partial charge is 0.253 e. The Kier molecular flexibility index (Phi) is 5.70. The van der Waals surface area contributed by atoms with Gasteiger partial charge in [0.05, 0.1) is 14.8 Å². The minimum absolute atomic E-state index is 0.0614. The molecule has 0 aliphatic rings. The first-order chi connectivity index (χ1) is 10.7. The second kappa shape index (κ2) is 7.19. The Labute approximate surface area is 148 Å². The number of rotatable bonds is 5. The SMILES string of the molecule is CN(C)S(=O)(=O)c1ccccc1CNC(=O)c1cc(Cl)sc1Cl. The van der Waals surface area contributed by atoms with Crippen LogP contribution in [0.5, 0.6) is 0 Å². The zero-order chi connectivity index (χ0) is 17.2. The van der Waals surface area contributed by atoms with Crippen molar-refractivity contribution in [3.8, 4) is 0 Å². The molecule has 1 amide bonds. The number of carbonyl (C=O) groups excluding carboxylic acids is 1. The third kappa shape index (κ3) is 4.05. The number of carbonyl (C=O) groups is 1. The molecule has 23 heavy (non-hydrogen) atoms. The number of thiophene rings is 1. The fraction of sp³-hybridized carbons (Fsp3) is 0.214. The van der Waals surface area contributed by atoms with Gasteiger partial charge in [-0.05, 0) is 17.7 Å². The lowest BCUT2D eigenvalue weighted by atomic mass is 10.2. The molecule has 0 radical (unpaired) electrons. The number of halogens is 2. The maximum atomic E-state index is 12.3. The topological polar surface area (TPSA) is 66.5 Å². The summed E-state index contributed by atoms with van der Waals surface area (Å²) in [5.41, 5.74) is 0.765. The van der Waals surface area contributed by atoms with Crippen LogP contribution < -0.4 is 5.32 Å². The first-order valence-electron chi connectivity index (χ1n) is 6.47. The zero-order valence-electron chi connectivity index (χ0n) is 12.3. The molecule has 5 nitrogen and oxygen atoms in total. The Morgan fingerprint density at radius 1 is 1.26 bits per heavy atom. The van der Waals surface area contributed by atoms with Crippen molar-refractivity contribution in [2.75, 3.05) is 14.1 Å². The van der Waals surface area contributed by atoms with Gasteiger partial charge < -0.3 is 5.32 Å².